The predicted molar refractivity (Wildman–Crippen MR) is 85.0 cm³/mol. The van der Waals surface area contributed by atoms with Crippen molar-refractivity contribution in [3.8, 4) is 0 Å². The number of thiophene rings is 1. The van der Waals surface area contributed by atoms with Crippen molar-refractivity contribution in [3.05, 3.63) is 60.2 Å². The Kier molecular flexibility index (Phi) is 5.28. The molecule has 0 saturated heterocycles. The van der Waals surface area contributed by atoms with Crippen molar-refractivity contribution in [1.82, 2.24) is 5.32 Å². The minimum atomic E-state index is -0.388. The molecule has 0 atom stereocenters. The molecule has 1 aromatic carbocycles. The Morgan fingerprint density at radius 1 is 1.30 bits per heavy atom. The van der Waals surface area contributed by atoms with Gasteiger partial charge in [-0.15, -0.1) is 11.3 Å². The summed E-state index contributed by atoms with van der Waals surface area (Å²) in [5, 5.41) is 16.2. The largest absolute Gasteiger partial charge is 0.308 e. The van der Waals surface area contributed by atoms with Gasteiger partial charge in [-0.3, -0.25) is 10.1 Å². The summed E-state index contributed by atoms with van der Waals surface area (Å²) in [7, 11) is 0. The van der Waals surface area contributed by atoms with E-state index in [9.17, 15) is 10.1 Å². The van der Waals surface area contributed by atoms with Crippen molar-refractivity contribution >= 4 is 33.0 Å². The highest BCUT2D eigenvalue weighted by atomic mass is 79.9. The number of hydrogen-bond acceptors (Lipinski definition) is 4. The third-order valence-corrected chi connectivity index (χ3v) is 4.77. The maximum Gasteiger partial charge on any atom is 0.270 e. The van der Waals surface area contributed by atoms with E-state index in [1.807, 2.05) is 0 Å². The van der Waals surface area contributed by atoms with Crippen molar-refractivity contribution in [2.24, 2.45) is 0 Å². The number of non-ortho nitro benzene ring substituents is 1. The zero-order valence-corrected chi connectivity index (χ0v) is 13.5. The Labute approximate surface area is 130 Å². The van der Waals surface area contributed by atoms with Crippen LogP contribution in [-0.4, -0.2) is 4.92 Å². The van der Waals surface area contributed by atoms with Gasteiger partial charge in [0.25, 0.3) is 5.69 Å². The minimum absolute atomic E-state index is 0.104. The number of halogens is 1. The van der Waals surface area contributed by atoms with Crippen LogP contribution in [0.2, 0.25) is 0 Å². The molecule has 0 aliphatic carbocycles. The van der Waals surface area contributed by atoms with E-state index in [4.69, 9.17) is 0 Å². The van der Waals surface area contributed by atoms with Gasteiger partial charge in [0, 0.05) is 34.6 Å². The monoisotopic (exact) mass is 354 g/mol. The molecule has 1 N–H and O–H groups in total. The Morgan fingerprint density at radius 2 is 2.10 bits per heavy atom. The zero-order valence-electron chi connectivity index (χ0n) is 11.1. The molecule has 6 heteroatoms. The summed E-state index contributed by atoms with van der Waals surface area (Å²) in [6, 6.07) is 7.01. The lowest BCUT2D eigenvalue weighted by atomic mass is 10.2. The summed E-state index contributed by atoms with van der Waals surface area (Å²) in [5.41, 5.74) is 2.50. The molecular formula is C14H15BrN2O2S. The molecule has 0 spiro atoms. The molecule has 0 bridgehead atoms. The summed E-state index contributed by atoms with van der Waals surface area (Å²) >= 11 is 5.14. The van der Waals surface area contributed by atoms with Crippen LogP contribution in [0.15, 0.2) is 34.1 Å². The van der Waals surface area contributed by atoms with E-state index in [2.05, 4.69) is 39.6 Å². The summed E-state index contributed by atoms with van der Waals surface area (Å²) in [4.78, 5) is 11.6. The number of nitro groups is 1. The molecule has 0 aliphatic heterocycles. The number of hydrogen-bond donors (Lipinski definition) is 1. The third kappa shape index (κ3) is 3.65. The Morgan fingerprint density at radius 3 is 2.75 bits per heavy atom. The van der Waals surface area contributed by atoms with Gasteiger partial charge < -0.3 is 5.32 Å². The Balaban J connectivity index is 1.96. The van der Waals surface area contributed by atoms with Gasteiger partial charge in [0.1, 0.15) is 0 Å². The standard InChI is InChI=1S/C14H15BrN2O2S/c1-2-10-5-6-20-14(10)9-16-8-11-3-4-12(17(18)19)7-13(11)15/h3-7,16H,2,8-9H2,1H3. The lowest BCUT2D eigenvalue weighted by Gasteiger charge is -2.07. The molecule has 4 nitrogen and oxygen atoms in total. The molecular weight excluding hydrogens is 340 g/mol. The summed E-state index contributed by atoms with van der Waals surface area (Å²) in [5.74, 6) is 0. The highest BCUT2D eigenvalue weighted by molar-refractivity contribution is 9.10. The van der Waals surface area contributed by atoms with Crippen LogP contribution in [0, 0.1) is 10.1 Å². The van der Waals surface area contributed by atoms with E-state index < -0.39 is 0 Å². The third-order valence-electron chi connectivity index (χ3n) is 3.07. The van der Waals surface area contributed by atoms with E-state index in [1.165, 1.54) is 16.5 Å². The summed E-state index contributed by atoms with van der Waals surface area (Å²) in [6.07, 6.45) is 1.04. The average molecular weight is 355 g/mol. The van der Waals surface area contributed by atoms with Crippen molar-refractivity contribution in [1.29, 1.82) is 0 Å². The Hall–Kier alpha value is -1.24. The van der Waals surface area contributed by atoms with Crippen molar-refractivity contribution < 1.29 is 4.92 Å². The van der Waals surface area contributed by atoms with Crippen molar-refractivity contribution in [3.63, 3.8) is 0 Å². The van der Waals surface area contributed by atoms with Gasteiger partial charge in [-0.1, -0.05) is 22.9 Å². The molecule has 0 saturated carbocycles. The number of nitrogens with zero attached hydrogens (tertiary/aromatic N) is 1. The first-order chi connectivity index (χ1) is 9.61. The van der Waals surface area contributed by atoms with Gasteiger partial charge in [-0.05, 0) is 35.1 Å². The van der Waals surface area contributed by atoms with Gasteiger partial charge in [0.05, 0.1) is 4.92 Å². The molecule has 106 valence electrons. The lowest BCUT2D eigenvalue weighted by molar-refractivity contribution is -0.384. The number of nitro benzene ring substituents is 1. The second-order valence-electron chi connectivity index (χ2n) is 4.36. The quantitative estimate of drug-likeness (QED) is 0.622. The topological polar surface area (TPSA) is 55.2 Å². The normalized spacial score (nSPS) is 10.7. The van der Waals surface area contributed by atoms with Gasteiger partial charge in [-0.25, -0.2) is 0 Å². The lowest BCUT2D eigenvalue weighted by Crippen LogP contribution is -2.13. The highest BCUT2D eigenvalue weighted by Crippen LogP contribution is 2.23. The van der Waals surface area contributed by atoms with Crippen LogP contribution >= 0.6 is 27.3 Å². The average Bonchev–Trinajstić information content (AvgIpc) is 2.87. The van der Waals surface area contributed by atoms with Crippen LogP contribution in [0.1, 0.15) is 22.9 Å². The number of rotatable bonds is 6. The maximum atomic E-state index is 10.7. The van der Waals surface area contributed by atoms with Crippen molar-refractivity contribution in [2.45, 2.75) is 26.4 Å². The SMILES string of the molecule is CCc1ccsc1CNCc1ccc([N+](=O)[O-])cc1Br. The number of aryl methyl sites for hydroxylation is 1. The summed E-state index contributed by atoms with van der Waals surface area (Å²) < 4.78 is 0.765. The molecule has 2 aromatic rings. The van der Waals surface area contributed by atoms with E-state index in [0.717, 1.165) is 23.0 Å². The van der Waals surface area contributed by atoms with Crippen LogP contribution in [0.4, 0.5) is 5.69 Å². The van der Waals surface area contributed by atoms with E-state index in [-0.39, 0.29) is 10.6 Å². The number of nitrogens with one attached hydrogen (secondary N) is 1. The summed E-state index contributed by atoms with van der Waals surface area (Å²) in [6.45, 7) is 3.66. The van der Waals surface area contributed by atoms with E-state index in [1.54, 1.807) is 23.5 Å². The molecule has 0 amide bonds. The van der Waals surface area contributed by atoms with E-state index in [0.29, 0.717) is 6.54 Å². The van der Waals surface area contributed by atoms with Crippen LogP contribution in [-0.2, 0) is 19.5 Å². The molecule has 0 unspecified atom stereocenters. The molecule has 0 radical (unpaired) electrons. The van der Waals surface area contributed by atoms with Gasteiger partial charge >= 0.3 is 0 Å². The van der Waals surface area contributed by atoms with Gasteiger partial charge in [0.15, 0.2) is 0 Å². The van der Waals surface area contributed by atoms with Crippen LogP contribution < -0.4 is 5.32 Å². The molecule has 2 rings (SSSR count). The number of benzene rings is 1. The molecule has 1 aromatic heterocycles. The van der Waals surface area contributed by atoms with E-state index >= 15 is 0 Å². The second-order valence-corrected chi connectivity index (χ2v) is 6.21. The first-order valence-electron chi connectivity index (χ1n) is 6.30. The predicted octanol–water partition coefficient (Wildman–Crippen LogP) is 4.27. The molecule has 0 aliphatic rings. The molecule has 1 heterocycles. The maximum absolute atomic E-state index is 10.7. The fourth-order valence-electron chi connectivity index (χ4n) is 1.94. The first kappa shape index (κ1) is 15.2. The van der Waals surface area contributed by atoms with Crippen LogP contribution in [0.3, 0.4) is 0 Å². The minimum Gasteiger partial charge on any atom is -0.308 e. The van der Waals surface area contributed by atoms with Crippen molar-refractivity contribution in [2.75, 3.05) is 0 Å². The van der Waals surface area contributed by atoms with Crippen LogP contribution in [0.5, 0.6) is 0 Å². The molecule has 20 heavy (non-hydrogen) atoms. The fourth-order valence-corrected chi connectivity index (χ4v) is 3.39. The Bertz CT molecular complexity index is 613. The highest BCUT2D eigenvalue weighted by Gasteiger charge is 2.09. The first-order valence-corrected chi connectivity index (χ1v) is 7.98. The van der Waals surface area contributed by atoms with Crippen LogP contribution in [0.25, 0.3) is 0 Å². The van der Waals surface area contributed by atoms with Gasteiger partial charge in [-0.2, -0.15) is 0 Å². The fraction of sp³-hybridized carbons (Fsp3) is 0.286. The van der Waals surface area contributed by atoms with Gasteiger partial charge in [0.2, 0.25) is 0 Å². The smallest absolute Gasteiger partial charge is 0.270 e. The second kappa shape index (κ2) is 6.97. The zero-order chi connectivity index (χ0) is 14.5. The molecule has 0 fully saturated rings.